The van der Waals surface area contributed by atoms with Crippen molar-refractivity contribution in [2.45, 2.75) is 20.8 Å². The van der Waals surface area contributed by atoms with Crippen LogP contribution < -0.4 is 15.4 Å². The van der Waals surface area contributed by atoms with Crippen molar-refractivity contribution in [1.29, 1.82) is 0 Å². The van der Waals surface area contributed by atoms with Crippen LogP contribution in [0.15, 0.2) is 4.52 Å². The zero-order valence-corrected chi connectivity index (χ0v) is 11.6. The summed E-state index contributed by atoms with van der Waals surface area (Å²) in [6.07, 6.45) is 0. The topological polar surface area (TPSA) is 76.4 Å². The molecular weight excluding hydrogens is 234 g/mol. The maximum absolute atomic E-state index is 11.9. The van der Waals surface area contributed by atoms with E-state index in [9.17, 15) is 4.79 Å². The van der Waals surface area contributed by atoms with Gasteiger partial charge in [0.15, 0.2) is 5.69 Å². The van der Waals surface area contributed by atoms with Crippen LogP contribution >= 0.6 is 0 Å². The normalized spacial score (nSPS) is 11.4. The van der Waals surface area contributed by atoms with E-state index >= 15 is 0 Å². The second-order valence-electron chi connectivity index (χ2n) is 5.02. The van der Waals surface area contributed by atoms with Crippen molar-refractivity contribution in [3.8, 4) is 5.95 Å². The van der Waals surface area contributed by atoms with Crippen LogP contribution in [0.25, 0.3) is 0 Å². The number of rotatable bonds is 6. The highest BCUT2D eigenvalue weighted by Crippen LogP contribution is 2.20. The van der Waals surface area contributed by atoms with Crippen LogP contribution in [-0.4, -0.2) is 38.3 Å². The molecule has 0 aliphatic rings. The molecule has 0 saturated carbocycles. The first-order chi connectivity index (χ1) is 8.41. The summed E-state index contributed by atoms with van der Waals surface area (Å²) in [5.74, 6) is 0.0263. The van der Waals surface area contributed by atoms with Gasteiger partial charge in [-0.05, 0) is 19.4 Å². The molecule has 0 aliphatic carbocycles. The Morgan fingerprint density at radius 2 is 2.11 bits per heavy atom. The molecule has 0 aromatic carbocycles. The first-order valence-corrected chi connectivity index (χ1v) is 5.84. The van der Waals surface area contributed by atoms with Gasteiger partial charge in [-0.25, -0.2) is 0 Å². The van der Waals surface area contributed by atoms with Crippen molar-refractivity contribution in [1.82, 2.24) is 15.8 Å². The number of methoxy groups -OCH3 is 1. The van der Waals surface area contributed by atoms with Gasteiger partial charge in [0.05, 0.1) is 12.7 Å². The summed E-state index contributed by atoms with van der Waals surface area (Å²) in [5.41, 5.74) is 0.861. The highest BCUT2D eigenvalue weighted by atomic mass is 16.6. The Kier molecular flexibility index (Phi) is 4.72. The van der Waals surface area contributed by atoms with E-state index in [4.69, 9.17) is 9.26 Å². The summed E-state index contributed by atoms with van der Waals surface area (Å²) in [5, 5.41) is 9.64. The Balaban J connectivity index is 2.63. The highest BCUT2D eigenvalue weighted by Gasteiger charge is 2.22. The predicted molar refractivity (Wildman–Crippen MR) is 67.8 cm³/mol. The number of nitrogens with one attached hydrogen (secondary N) is 2. The van der Waals surface area contributed by atoms with Crippen molar-refractivity contribution in [3.63, 3.8) is 0 Å². The third-order valence-corrected chi connectivity index (χ3v) is 2.66. The van der Waals surface area contributed by atoms with Gasteiger partial charge in [0.25, 0.3) is 5.91 Å². The standard InChI is InChI=1S/C12H21N3O3/c1-8-9(15-18-11(8)17-5)10(16)14-7-12(2,3)6-13-4/h13H,6-7H2,1-5H3,(H,14,16). The van der Waals surface area contributed by atoms with Crippen LogP contribution in [0.2, 0.25) is 0 Å². The second-order valence-corrected chi connectivity index (χ2v) is 5.02. The van der Waals surface area contributed by atoms with Crippen molar-refractivity contribution in [3.05, 3.63) is 11.3 Å². The Labute approximate surface area is 107 Å². The number of hydrogen-bond donors (Lipinski definition) is 2. The largest absolute Gasteiger partial charge is 0.467 e. The van der Waals surface area contributed by atoms with E-state index in [0.29, 0.717) is 12.1 Å². The number of carbonyl (C=O) groups excluding carboxylic acids is 1. The number of ether oxygens (including phenoxy) is 1. The van der Waals surface area contributed by atoms with Crippen molar-refractivity contribution < 1.29 is 14.1 Å². The molecule has 102 valence electrons. The van der Waals surface area contributed by atoms with Crippen LogP contribution in [0.3, 0.4) is 0 Å². The minimum absolute atomic E-state index is 0.0217. The molecule has 0 aliphatic heterocycles. The first kappa shape index (κ1) is 14.5. The average Bonchev–Trinajstić information content (AvgIpc) is 2.67. The fourth-order valence-electron chi connectivity index (χ4n) is 1.67. The summed E-state index contributed by atoms with van der Waals surface area (Å²) < 4.78 is 9.84. The molecule has 18 heavy (non-hydrogen) atoms. The molecular formula is C12H21N3O3. The lowest BCUT2D eigenvalue weighted by Gasteiger charge is -2.24. The van der Waals surface area contributed by atoms with E-state index in [1.807, 2.05) is 7.05 Å². The van der Waals surface area contributed by atoms with Crippen LogP contribution in [0.4, 0.5) is 0 Å². The summed E-state index contributed by atoms with van der Waals surface area (Å²) in [7, 11) is 3.36. The summed E-state index contributed by atoms with van der Waals surface area (Å²) in [4.78, 5) is 11.9. The molecule has 0 saturated heterocycles. The van der Waals surface area contributed by atoms with Gasteiger partial charge in [0, 0.05) is 13.1 Å². The number of nitrogens with zero attached hydrogens (tertiary/aromatic N) is 1. The molecule has 1 aromatic rings. The summed E-state index contributed by atoms with van der Waals surface area (Å²) in [6.45, 7) is 7.25. The zero-order valence-electron chi connectivity index (χ0n) is 11.6. The molecule has 0 atom stereocenters. The summed E-state index contributed by atoms with van der Waals surface area (Å²) >= 11 is 0. The number of hydrogen-bond acceptors (Lipinski definition) is 5. The molecule has 1 amide bonds. The molecule has 6 heteroatoms. The maximum atomic E-state index is 11.9. The van der Waals surface area contributed by atoms with Crippen LogP contribution in [0, 0.1) is 12.3 Å². The van der Waals surface area contributed by atoms with Gasteiger partial charge >= 0.3 is 5.95 Å². The fourth-order valence-corrected chi connectivity index (χ4v) is 1.67. The number of aromatic nitrogens is 1. The van der Waals surface area contributed by atoms with E-state index in [1.165, 1.54) is 7.11 Å². The quantitative estimate of drug-likeness (QED) is 0.792. The van der Waals surface area contributed by atoms with Gasteiger partial charge < -0.3 is 19.9 Å². The van der Waals surface area contributed by atoms with Crippen LogP contribution in [0.5, 0.6) is 5.95 Å². The molecule has 1 rings (SSSR count). The molecule has 0 bridgehead atoms. The van der Waals surface area contributed by atoms with Gasteiger partial charge in [-0.15, -0.1) is 0 Å². The van der Waals surface area contributed by atoms with Crippen LogP contribution in [0.1, 0.15) is 29.9 Å². The Morgan fingerprint density at radius 1 is 1.44 bits per heavy atom. The van der Waals surface area contributed by atoms with E-state index in [-0.39, 0.29) is 23.0 Å². The minimum atomic E-state index is -0.247. The molecule has 0 spiro atoms. The van der Waals surface area contributed by atoms with Gasteiger partial charge in [-0.2, -0.15) is 0 Å². The van der Waals surface area contributed by atoms with Crippen molar-refractivity contribution >= 4 is 5.91 Å². The number of carbonyl (C=O) groups is 1. The van der Waals surface area contributed by atoms with Crippen molar-refractivity contribution in [2.24, 2.45) is 5.41 Å². The molecule has 0 fully saturated rings. The van der Waals surface area contributed by atoms with Crippen LogP contribution in [-0.2, 0) is 0 Å². The van der Waals surface area contributed by atoms with Gasteiger partial charge in [0.1, 0.15) is 0 Å². The molecule has 0 radical (unpaired) electrons. The lowest BCUT2D eigenvalue weighted by molar-refractivity contribution is 0.0926. The molecule has 2 N–H and O–H groups in total. The SMILES string of the molecule is CNCC(C)(C)CNC(=O)c1noc(OC)c1C. The second kappa shape index (κ2) is 5.86. The minimum Gasteiger partial charge on any atom is -0.467 e. The fraction of sp³-hybridized carbons (Fsp3) is 0.667. The lowest BCUT2D eigenvalue weighted by atomic mass is 9.93. The molecule has 6 nitrogen and oxygen atoms in total. The van der Waals surface area contributed by atoms with Crippen molar-refractivity contribution in [2.75, 3.05) is 27.2 Å². The summed E-state index contributed by atoms with van der Waals surface area (Å²) in [6, 6.07) is 0. The number of amides is 1. The lowest BCUT2D eigenvalue weighted by Crippen LogP contribution is -2.39. The Morgan fingerprint density at radius 3 is 2.61 bits per heavy atom. The van der Waals surface area contributed by atoms with Gasteiger partial charge in [-0.3, -0.25) is 4.79 Å². The zero-order chi connectivity index (χ0) is 13.8. The highest BCUT2D eigenvalue weighted by molar-refractivity contribution is 5.93. The Hall–Kier alpha value is -1.56. The average molecular weight is 255 g/mol. The van der Waals surface area contributed by atoms with E-state index in [0.717, 1.165) is 6.54 Å². The smallest absolute Gasteiger partial charge is 0.314 e. The first-order valence-electron chi connectivity index (χ1n) is 5.84. The third-order valence-electron chi connectivity index (χ3n) is 2.66. The van der Waals surface area contributed by atoms with E-state index in [1.54, 1.807) is 6.92 Å². The monoisotopic (exact) mass is 255 g/mol. The maximum Gasteiger partial charge on any atom is 0.314 e. The molecule has 0 unspecified atom stereocenters. The van der Waals surface area contributed by atoms with Gasteiger partial charge in [-0.1, -0.05) is 19.0 Å². The molecule has 1 heterocycles. The Bertz CT molecular complexity index is 413. The van der Waals surface area contributed by atoms with Gasteiger partial charge in [0.2, 0.25) is 0 Å². The predicted octanol–water partition coefficient (Wildman–Crippen LogP) is 0.967. The van der Waals surface area contributed by atoms with E-state index in [2.05, 4.69) is 29.6 Å². The molecule has 1 aromatic heterocycles. The third kappa shape index (κ3) is 3.46. The van der Waals surface area contributed by atoms with E-state index < -0.39 is 0 Å².